The molecule has 5 heteroatoms. The van der Waals surface area contributed by atoms with Gasteiger partial charge >= 0.3 is 0 Å². The lowest BCUT2D eigenvalue weighted by molar-refractivity contribution is -0.384. The van der Waals surface area contributed by atoms with Crippen LogP contribution in [0.3, 0.4) is 0 Å². The number of nitro benzene ring substituents is 1. The summed E-state index contributed by atoms with van der Waals surface area (Å²) in [5.74, 6) is -0.131. The summed E-state index contributed by atoms with van der Waals surface area (Å²) >= 11 is 0. The molecule has 1 aromatic carbocycles. The third-order valence-electron chi connectivity index (χ3n) is 3.18. The molecule has 0 saturated carbocycles. The van der Waals surface area contributed by atoms with E-state index >= 15 is 0 Å². The molecule has 0 heterocycles. The molecule has 0 aliphatic carbocycles. The molecule has 0 atom stereocenters. The van der Waals surface area contributed by atoms with Crippen LogP contribution >= 0.6 is 0 Å². The number of carbonyl (C=O) groups is 1. The summed E-state index contributed by atoms with van der Waals surface area (Å²) in [7, 11) is 0. The lowest BCUT2D eigenvalue weighted by Gasteiger charge is -2.22. The first-order valence-electron chi connectivity index (χ1n) is 5.84. The lowest BCUT2D eigenvalue weighted by atomic mass is 9.89. The van der Waals surface area contributed by atoms with Gasteiger partial charge in [0.15, 0.2) is 0 Å². The Hall–Kier alpha value is -1.91. The number of nitrogens with one attached hydrogen (secondary N) is 1. The van der Waals surface area contributed by atoms with Crippen LogP contribution in [0.2, 0.25) is 0 Å². The van der Waals surface area contributed by atoms with Crippen molar-refractivity contribution in [1.29, 1.82) is 0 Å². The standard InChI is InChI=1S/C13H18N2O3/c1-5-13(3,4)12(16)14-11-8-10(15(17)18)7-6-9(11)2/h6-8H,5H2,1-4H3,(H,14,16). The molecule has 0 radical (unpaired) electrons. The number of carbonyl (C=O) groups excluding carboxylic acids is 1. The quantitative estimate of drug-likeness (QED) is 0.658. The number of nitro groups is 1. The number of anilines is 1. The van der Waals surface area contributed by atoms with Crippen LogP contribution in [0.1, 0.15) is 32.8 Å². The van der Waals surface area contributed by atoms with Gasteiger partial charge in [-0.1, -0.05) is 26.8 Å². The number of non-ortho nitro benzene ring substituents is 1. The second-order valence-corrected chi connectivity index (χ2v) is 4.95. The zero-order valence-electron chi connectivity index (χ0n) is 11.1. The van der Waals surface area contributed by atoms with Crippen LogP contribution in [-0.2, 0) is 4.79 Å². The van der Waals surface area contributed by atoms with Gasteiger partial charge < -0.3 is 5.32 Å². The summed E-state index contributed by atoms with van der Waals surface area (Å²) in [4.78, 5) is 22.2. The highest BCUT2D eigenvalue weighted by molar-refractivity contribution is 5.95. The van der Waals surface area contributed by atoms with E-state index in [-0.39, 0.29) is 11.6 Å². The molecular weight excluding hydrogens is 232 g/mol. The van der Waals surface area contributed by atoms with Gasteiger partial charge in [0.05, 0.1) is 10.6 Å². The smallest absolute Gasteiger partial charge is 0.271 e. The average molecular weight is 250 g/mol. The maximum absolute atomic E-state index is 12.0. The maximum atomic E-state index is 12.0. The Bertz CT molecular complexity index is 481. The van der Waals surface area contributed by atoms with Gasteiger partial charge in [0.2, 0.25) is 5.91 Å². The van der Waals surface area contributed by atoms with Crippen LogP contribution in [0.15, 0.2) is 18.2 Å². The Morgan fingerprint density at radius 3 is 2.56 bits per heavy atom. The Kier molecular flexibility index (Phi) is 4.06. The predicted octanol–water partition coefficient (Wildman–Crippen LogP) is 3.28. The molecule has 0 fully saturated rings. The van der Waals surface area contributed by atoms with E-state index in [9.17, 15) is 14.9 Å². The van der Waals surface area contributed by atoms with E-state index in [4.69, 9.17) is 0 Å². The highest BCUT2D eigenvalue weighted by Crippen LogP contribution is 2.26. The average Bonchev–Trinajstić information content (AvgIpc) is 2.31. The van der Waals surface area contributed by atoms with Crippen molar-refractivity contribution >= 4 is 17.3 Å². The Labute approximate surface area is 106 Å². The largest absolute Gasteiger partial charge is 0.325 e. The molecule has 0 saturated heterocycles. The number of benzene rings is 1. The second-order valence-electron chi connectivity index (χ2n) is 4.95. The number of hydrogen-bond acceptors (Lipinski definition) is 3. The minimum atomic E-state index is -0.489. The SMILES string of the molecule is CCC(C)(C)C(=O)Nc1cc([N+](=O)[O-])ccc1C. The molecule has 0 bridgehead atoms. The van der Waals surface area contributed by atoms with Gasteiger partial charge in [-0.05, 0) is 18.9 Å². The van der Waals surface area contributed by atoms with Crippen molar-refractivity contribution in [3.63, 3.8) is 0 Å². The fourth-order valence-electron chi connectivity index (χ4n) is 1.31. The van der Waals surface area contributed by atoms with Crippen LogP contribution in [0.25, 0.3) is 0 Å². The van der Waals surface area contributed by atoms with Gasteiger partial charge in [0.1, 0.15) is 0 Å². The van der Waals surface area contributed by atoms with E-state index in [1.807, 2.05) is 20.8 Å². The molecule has 1 rings (SSSR count). The van der Waals surface area contributed by atoms with E-state index in [1.165, 1.54) is 12.1 Å². The molecule has 0 aliphatic rings. The molecule has 0 aliphatic heterocycles. The molecule has 18 heavy (non-hydrogen) atoms. The molecule has 5 nitrogen and oxygen atoms in total. The summed E-state index contributed by atoms with van der Waals surface area (Å²) in [5.41, 5.74) is 0.790. The normalized spacial score (nSPS) is 11.1. The van der Waals surface area contributed by atoms with Crippen molar-refractivity contribution in [2.24, 2.45) is 5.41 Å². The molecular formula is C13H18N2O3. The van der Waals surface area contributed by atoms with Gasteiger partial charge in [-0.15, -0.1) is 0 Å². The van der Waals surface area contributed by atoms with Crippen LogP contribution in [-0.4, -0.2) is 10.8 Å². The summed E-state index contributed by atoms with van der Waals surface area (Å²) in [5, 5.41) is 13.4. The van der Waals surface area contributed by atoms with Crippen LogP contribution in [0.4, 0.5) is 11.4 Å². The van der Waals surface area contributed by atoms with Crippen molar-refractivity contribution in [2.75, 3.05) is 5.32 Å². The van der Waals surface area contributed by atoms with E-state index in [2.05, 4.69) is 5.32 Å². The Morgan fingerprint density at radius 1 is 1.44 bits per heavy atom. The van der Waals surface area contributed by atoms with Crippen molar-refractivity contribution < 1.29 is 9.72 Å². The molecule has 1 N–H and O–H groups in total. The van der Waals surface area contributed by atoms with Gasteiger partial charge in [0.25, 0.3) is 5.69 Å². The highest BCUT2D eigenvalue weighted by Gasteiger charge is 2.26. The van der Waals surface area contributed by atoms with Crippen LogP contribution in [0, 0.1) is 22.5 Å². The zero-order chi connectivity index (χ0) is 13.9. The first kappa shape index (κ1) is 14.2. The van der Waals surface area contributed by atoms with Crippen molar-refractivity contribution in [1.82, 2.24) is 0 Å². The van der Waals surface area contributed by atoms with Gasteiger partial charge in [-0.3, -0.25) is 14.9 Å². The third-order valence-corrected chi connectivity index (χ3v) is 3.18. The minimum Gasteiger partial charge on any atom is -0.325 e. The number of rotatable bonds is 4. The predicted molar refractivity (Wildman–Crippen MR) is 70.5 cm³/mol. The fraction of sp³-hybridized carbons (Fsp3) is 0.462. The van der Waals surface area contributed by atoms with E-state index < -0.39 is 10.3 Å². The highest BCUT2D eigenvalue weighted by atomic mass is 16.6. The van der Waals surface area contributed by atoms with Crippen molar-refractivity contribution in [2.45, 2.75) is 34.1 Å². The van der Waals surface area contributed by atoms with E-state index in [0.717, 1.165) is 5.56 Å². The topological polar surface area (TPSA) is 72.2 Å². The van der Waals surface area contributed by atoms with E-state index in [1.54, 1.807) is 13.0 Å². The van der Waals surface area contributed by atoms with Gasteiger partial charge in [-0.2, -0.15) is 0 Å². The van der Waals surface area contributed by atoms with Crippen molar-refractivity contribution in [3.8, 4) is 0 Å². The van der Waals surface area contributed by atoms with Gasteiger partial charge in [0, 0.05) is 17.5 Å². The Balaban J connectivity index is 3.01. The Morgan fingerprint density at radius 2 is 2.06 bits per heavy atom. The number of aryl methyl sites for hydroxylation is 1. The molecule has 0 unspecified atom stereocenters. The monoisotopic (exact) mass is 250 g/mol. The molecule has 98 valence electrons. The van der Waals surface area contributed by atoms with Crippen LogP contribution < -0.4 is 5.32 Å². The summed E-state index contributed by atoms with van der Waals surface area (Å²) in [6.45, 7) is 7.42. The zero-order valence-corrected chi connectivity index (χ0v) is 11.1. The molecule has 1 aromatic rings. The number of amides is 1. The third kappa shape index (κ3) is 3.06. The number of nitrogens with zero attached hydrogens (tertiary/aromatic N) is 1. The van der Waals surface area contributed by atoms with E-state index in [0.29, 0.717) is 12.1 Å². The molecule has 0 spiro atoms. The second kappa shape index (κ2) is 5.16. The first-order valence-corrected chi connectivity index (χ1v) is 5.84. The molecule has 0 aromatic heterocycles. The first-order chi connectivity index (χ1) is 8.27. The lowest BCUT2D eigenvalue weighted by Crippen LogP contribution is -2.30. The number of hydrogen-bond donors (Lipinski definition) is 1. The minimum absolute atomic E-state index is 0.0230. The van der Waals surface area contributed by atoms with Gasteiger partial charge in [-0.25, -0.2) is 0 Å². The summed E-state index contributed by atoms with van der Waals surface area (Å²) in [6.07, 6.45) is 0.701. The van der Waals surface area contributed by atoms with Crippen LogP contribution in [0.5, 0.6) is 0 Å². The maximum Gasteiger partial charge on any atom is 0.271 e. The summed E-state index contributed by atoms with van der Waals surface area (Å²) in [6, 6.07) is 4.45. The fourth-order valence-corrected chi connectivity index (χ4v) is 1.31. The summed E-state index contributed by atoms with van der Waals surface area (Å²) < 4.78 is 0. The van der Waals surface area contributed by atoms with Crippen molar-refractivity contribution in [3.05, 3.63) is 33.9 Å². The molecule has 1 amide bonds.